The first-order valence-corrected chi connectivity index (χ1v) is 13.3. The van der Waals surface area contributed by atoms with Gasteiger partial charge in [0.1, 0.15) is 0 Å². The molecule has 0 saturated heterocycles. The Balaban J connectivity index is 1.88. The van der Waals surface area contributed by atoms with Crippen molar-refractivity contribution in [2.45, 2.75) is 56.6 Å². The van der Waals surface area contributed by atoms with Crippen LogP contribution >= 0.6 is 0 Å². The molecule has 1 aliphatic rings. The quantitative estimate of drug-likeness (QED) is 0.292. The molecule has 1 amide bonds. The minimum absolute atomic E-state index is 0.0196. The third-order valence-electron chi connectivity index (χ3n) is 6.16. The molecule has 2 aromatic carbocycles. The average molecular weight is 516 g/mol. The second-order valence-electron chi connectivity index (χ2n) is 9.64. The van der Waals surface area contributed by atoms with Gasteiger partial charge in [-0.2, -0.15) is 9.57 Å². The van der Waals surface area contributed by atoms with E-state index in [1.54, 1.807) is 6.07 Å². The highest BCUT2D eigenvalue weighted by molar-refractivity contribution is 7.89. The fourth-order valence-electron chi connectivity index (χ4n) is 4.23. The lowest BCUT2D eigenvalue weighted by Crippen LogP contribution is -2.50. The number of carbonyl (C=O) groups is 1. The molecule has 1 aliphatic heterocycles. The number of rotatable bonds is 14. The Bertz CT molecular complexity index is 1160. The van der Waals surface area contributed by atoms with Crippen molar-refractivity contribution in [3.05, 3.63) is 54.1 Å². The summed E-state index contributed by atoms with van der Waals surface area (Å²) in [5.74, 6) is 0.810. The van der Waals surface area contributed by atoms with E-state index in [0.717, 1.165) is 5.56 Å². The molecule has 36 heavy (non-hydrogen) atoms. The van der Waals surface area contributed by atoms with Gasteiger partial charge in [0.05, 0.1) is 23.1 Å². The molecule has 9 nitrogen and oxygen atoms in total. The average Bonchev–Trinajstić information content (AvgIpc) is 3.32. The predicted molar refractivity (Wildman–Crippen MR) is 134 cm³/mol. The number of sulfonamides is 1. The van der Waals surface area contributed by atoms with Crippen LogP contribution in [0.2, 0.25) is 0 Å². The predicted octanol–water partition coefficient (Wildman–Crippen LogP) is 2.84. The van der Waals surface area contributed by atoms with Crippen LogP contribution in [0, 0.1) is 16.7 Å². The van der Waals surface area contributed by atoms with Crippen LogP contribution in [0.4, 0.5) is 0 Å². The lowest BCUT2D eigenvalue weighted by Gasteiger charge is -2.34. The second kappa shape index (κ2) is 12.2. The van der Waals surface area contributed by atoms with Crippen molar-refractivity contribution in [3.8, 4) is 17.6 Å². The Morgan fingerprint density at radius 1 is 1.19 bits per heavy atom. The van der Waals surface area contributed by atoms with Crippen LogP contribution in [0.1, 0.15) is 38.7 Å². The zero-order valence-corrected chi connectivity index (χ0v) is 21.4. The van der Waals surface area contributed by atoms with Crippen LogP contribution in [-0.2, 0) is 21.2 Å². The molecule has 0 radical (unpaired) electrons. The van der Waals surface area contributed by atoms with E-state index in [-0.39, 0.29) is 24.8 Å². The fourth-order valence-corrected chi connectivity index (χ4v) is 5.90. The number of ether oxygens (including phenoxy) is 2. The third kappa shape index (κ3) is 7.20. The Morgan fingerprint density at radius 2 is 1.92 bits per heavy atom. The van der Waals surface area contributed by atoms with Crippen molar-refractivity contribution >= 4 is 16.4 Å². The van der Waals surface area contributed by atoms with Crippen LogP contribution < -0.4 is 14.8 Å². The molecule has 2 aromatic rings. The minimum atomic E-state index is -4.05. The Kier molecular flexibility index (Phi) is 9.31. The Hall–Kier alpha value is -3.13. The zero-order chi connectivity index (χ0) is 26.2. The van der Waals surface area contributed by atoms with Crippen molar-refractivity contribution in [1.82, 2.24) is 9.62 Å². The van der Waals surface area contributed by atoms with Gasteiger partial charge in [-0.3, -0.25) is 4.79 Å². The number of nitrogens with one attached hydrogen (secondary N) is 1. The highest BCUT2D eigenvalue weighted by atomic mass is 32.2. The van der Waals surface area contributed by atoms with Gasteiger partial charge in [-0.15, -0.1) is 0 Å². The monoisotopic (exact) mass is 515 g/mol. The van der Waals surface area contributed by atoms with Gasteiger partial charge in [0.15, 0.2) is 11.5 Å². The molecule has 0 aromatic heterocycles. The maximum Gasteiger partial charge on any atom is 0.243 e. The number of benzene rings is 2. The Morgan fingerprint density at radius 3 is 2.61 bits per heavy atom. The molecule has 2 N–H and O–H groups in total. The highest BCUT2D eigenvalue weighted by Gasteiger charge is 2.35. The van der Waals surface area contributed by atoms with Crippen LogP contribution in [-0.4, -0.2) is 56.3 Å². The van der Waals surface area contributed by atoms with Gasteiger partial charge in [-0.05, 0) is 42.4 Å². The molecule has 0 aliphatic carbocycles. The number of hydrogen-bond acceptors (Lipinski definition) is 7. The summed E-state index contributed by atoms with van der Waals surface area (Å²) in [4.78, 5) is 11.3. The van der Waals surface area contributed by atoms with Gasteiger partial charge in [-0.1, -0.05) is 44.2 Å². The summed E-state index contributed by atoms with van der Waals surface area (Å²) >= 11 is 0. The molecule has 1 unspecified atom stereocenters. The summed E-state index contributed by atoms with van der Waals surface area (Å²) in [5, 5.41) is 22.7. The molecule has 0 bridgehead atoms. The van der Waals surface area contributed by atoms with Crippen molar-refractivity contribution in [1.29, 1.82) is 5.26 Å². The topological polar surface area (TPSA) is 129 Å². The lowest BCUT2D eigenvalue weighted by molar-refractivity contribution is -0.111. The third-order valence-corrected chi connectivity index (χ3v) is 7.97. The van der Waals surface area contributed by atoms with Gasteiger partial charge >= 0.3 is 0 Å². The number of nitrogens with zero attached hydrogens (tertiary/aromatic N) is 2. The first-order valence-electron chi connectivity index (χ1n) is 11.8. The summed E-state index contributed by atoms with van der Waals surface area (Å²) < 4.78 is 39.5. The SMILES string of the molecule is CC(C)(CCCC#N)CN(CC(O)[C@H](Cc1ccccc1)NC=O)S(=O)(=O)c1ccc2c(c1)OCO2. The van der Waals surface area contributed by atoms with Gasteiger partial charge in [-0.25, -0.2) is 8.42 Å². The number of aliphatic hydroxyl groups is 1. The van der Waals surface area contributed by atoms with Gasteiger partial charge < -0.3 is 19.9 Å². The van der Waals surface area contributed by atoms with Crippen LogP contribution in [0.5, 0.6) is 11.5 Å². The molecule has 10 heteroatoms. The smallest absolute Gasteiger partial charge is 0.243 e. The van der Waals surface area contributed by atoms with Crippen molar-refractivity contribution in [3.63, 3.8) is 0 Å². The normalized spacial score (nSPS) is 14.8. The van der Waals surface area contributed by atoms with Crippen LogP contribution in [0.3, 0.4) is 0 Å². The molecule has 0 fully saturated rings. The van der Waals surface area contributed by atoms with Crippen LogP contribution in [0.25, 0.3) is 0 Å². The summed E-state index contributed by atoms with van der Waals surface area (Å²) in [6.45, 7) is 3.78. The van der Waals surface area contributed by atoms with Gasteiger partial charge in [0.25, 0.3) is 0 Å². The number of unbranched alkanes of at least 4 members (excludes halogenated alkanes) is 1. The number of fused-ring (bicyclic) bond motifs is 1. The maximum absolute atomic E-state index is 13.8. The standard InChI is InChI=1S/C26H33N3O6S/c1-26(2,12-6-7-13-27)17-29(36(32,33)21-10-11-24-25(15-21)35-19-34-24)16-23(31)22(28-18-30)14-20-8-4-3-5-9-20/h3-5,8-11,15,18,22-23,31H,6-7,12,14,16-17,19H2,1-2H3,(H,28,30)/t22-,23?/m0/s1. The van der Waals surface area contributed by atoms with E-state index < -0.39 is 27.6 Å². The molecule has 0 saturated carbocycles. The van der Waals surface area contributed by atoms with E-state index in [2.05, 4.69) is 11.4 Å². The number of nitriles is 1. The minimum Gasteiger partial charge on any atom is -0.454 e. The number of carbonyl (C=O) groups excluding carboxylic acids is 1. The Labute approximate surface area is 212 Å². The molecule has 194 valence electrons. The van der Waals surface area contributed by atoms with Crippen LogP contribution in [0.15, 0.2) is 53.4 Å². The van der Waals surface area contributed by atoms with E-state index in [4.69, 9.17) is 14.7 Å². The first kappa shape index (κ1) is 27.5. The number of amides is 1. The summed E-state index contributed by atoms with van der Waals surface area (Å²) in [7, 11) is -4.05. The van der Waals surface area contributed by atoms with E-state index in [1.807, 2.05) is 44.2 Å². The van der Waals surface area contributed by atoms with E-state index in [9.17, 15) is 18.3 Å². The number of aliphatic hydroxyl groups excluding tert-OH is 1. The van der Waals surface area contributed by atoms with Crippen molar-refractivity contribution in [2.24, 2.45) is 5.41 Å². The van der Waals surface area contributed by atoms with E-state index in [1.165, 1.54) is 16.4 Å². The first-order chi connectivity index (χ1) is 17.2. The van der Waals surface area contributed by atoms with Crippen molar-refractivity contribution in [2.75, 3.05) is 19.9 Å². The molecule has 2 atom stereocenters. The van der Waals surface area contributed by atoms with Gasteiger partial charge in [0, 0.05) is 25.6 Å². The molecular weight excluding hydrogens is 482 g/mol. The van der Waals surface area contributed by atoms with E-state index >= 15 is 0 Å². The summed E-state index contributed by atoms with van der Waals surface area (Å²) in [6, 6.07) is 15.2. The lowest BCUT2D eigenvalue weighted by atomic mass is 9.87. The molecular formula is C26H33N3O6S. The highest BCUT2D eigenvalue weighted by Crippen LogP contribution is 2.35. The zero-order valence-electron chi connectivity index (χ0n) is 20.6. The molecule has 0 spiro atoms. The molecule has 3 rings (SSSR count). The number of hydrogen-bond donors (Lipinski definition) is 2. The van der Waals surface area contributed by atoms with Crippen molar-refractivity contribution < 1.29 is 27.8 Å². The maximum atomic E-state index is 13.8. The fraction of sp³-hybridized carbons (Fsp3) is 0.462. The van der Waals surface area contributed by atoms with Gasteiger partial charge in [0.2, 0.25) is 23.2 Å². The largest absolute Gasteiger partial charge is 0.454 e. The summed E-state index contributed by atoms with van der Waals surface area (Å²) in [6.07, 6.45) is 1.32. The molecule has 1 heterocycles. The second-order valence-corrected chi connectivity index (χ2v) is 11.6. The summed E-state index contributed by atoms with van der Waals surface area (Å²) in [5.41, 5.74) is 0.436. The van der Waals surface area contributed by atoms with E-state index in [0.29, 0.717) is 43.6 Å².